The van der Waals surface area contributed by atoms with Gasteiger partial charge in [-0.05, 0) is 73.6 Å². The van der Waals surface area contributed by atoms with Crippen LogP contribution in [0.15, 0.2) is 42.7 Å². The third-order valence-electron chi connectivity index (χ3n) is 6.21. The third-order valence-corrected chi connectivity index (χ3v) is 6.21. The molecule has 1 N–H and O–H groups in total. The zero-order valence-electron chi connectivity index (χ0n) is 19.5. The van der Waals surface area contributed by atoms with Crippen molar-refractivity contribution in [3.05, 3.63) is 76.1 Å². The number of nitrogens with zero attached hydrogens (tertiary/aromatic N) is 4. The van der Waals surface area contributed by atoms with Crippen molar-refractivity contribution in [2.75, 3.05) is 5.32 Å². The minimum atomic E-state index is -4.47. The van der Waals surface area contributed by atoms with Gasteiger partial charge >= 0.3 is 6.18 Å². The fraction of sp³-hybridized carbons (Fsp3) is 0.308. The lowest BCUT2D eigenvalue weighted by Crippen LogP contribution is -2.19. The molecule has 3 aromatic rings. The molecule has 9 heteroatoms. The van der Waals surface area contributed by atoms with E-state index in [9.17, 15) is 23.2 Å². The number of aromatic nitrogens is 3. The van der Waals surface area contributed by atoms with Crippen LogP contribution in [0.5, 0.6) is 0 Å². The quantitative estimate of drug-likeness (QED) is 0.486. The van der Waals surface area contributed by atoms with Crippen molar-refractivity contribution in [1.29, 1.82) is 5.26 Å². The molecule has 0 spiro atoms. The van der Waals surface area contributed by atoms with Crippen LogP contribution in [0.25, 0.3) is 11.8 Å². The average Bonchev–Trinajstić information content (AvgIpc) is 3.56. The number of nitriles is 1. The van der Waals surface area contributed by atoms with Gasteiger partial charge < -0.3 is 0 Å². The molecule has 1 atom stereocenters. The van der Waals surface area contributed by atoms with E-state index in [1.54, 1.807) is 38.1 Å². The maximum atomic E-state index is 13.9. The lowest BCUT2D eigenvalue weighted by atomic mass is 9.91. The van der Waals surface area contributed by atoms with E-state index in [0.29, 0.717) is 11.3 Å². The molecule has 1 aliphatic carbocycles. The first kappa shape index (κ1) is 24.2. The predicted octanol–water partition coefficient (Wildman–Crippen LogP) is 5.77. The maximum Gasteiger partial charge on any atom is 0.399 e. The fourth-order valence-corrected chi connectivity index (χ4v) is 3.81. The van der Waals surface area contributed by atoms with Gasteiger partial charge in [-0.25, -0.2) is 4.68 Å². The molecule has 6 nitrogen and oxygen atoms in total. The number of nitrogens with one attached hydrogen (secondary N) is 1. The summed E-state index contributed by atoms with van der Waals surface area (Å²) in [5.41, 5.74) is 3.82. The van der Waals surface area contributed by atoms with Gasteiger partial charge in [0.15, 0.2) is 0 Å². The van der Waals surface area contributed by atoms with Gasteiger partial charge in [0, 0.05) is 5.92 Å². The van der Waals surface area contributed by atoms with Gasteiger partial charge in [-0.15, -0.1) is 5.10 Å². The molecule has 1 heterocycles. The molecule has 1 saturated carbocycles. The van der Waals surface area contributed by atoms with Crippen LogP contribution in [-0.4, -0.2) is 26.8 Å². The van der Waals surface area contributed by atoms with Crippen molar-refractivity contribution in [2.24, 2.45) is 5.92 Å². The first-order valence-electron chi connectivity index (χ1n) is 11.2. The van der Waals surface area contributed by atoms with E-state index in [1.165, 1.54) is 23.2 Å². The lowest BCUT2D eigenvalue weighted by molar-refractivity contribution is -0.139. The van der Waals surface area contributed by atoms with E-state index in [1.807, 2.05) is 6.92 Å². The van der Waals surface area contributed by atoms with Crippen LogP contribution in [0.4, 0.5) is 19.1 Å². The van der Waals surface area contributed by atoms with Gasteiger partial charge in [0.1, 0.15) is 12.4 Å². The molecule has 4 rings (SSSR count). The molecule has 1 aliphatic rings. The topological polar surface area (TPSA) is 83.6 Å². The number of carbonyl (C=O) groups excluding carboxylic acids is 1. The molecule has 0 radical (unpaired) electrons. The summed E-state index contributed by atoms with van der Waals surface area (Å²) >= 11 is 0. The number of anilines is 1. The second kappa shape index (κ2) is 9.37. The Kier molecular flexibility index (Phi) is 6.48. The molecular formula is C26H24F3N5O. The van der Waals surface area contributed by atoms with Gasteiger partial charge in [0.25, 0.3) is 0 Å². The number of alkyl halides is 3. The number of rotatable bonds is 6. The van der Waals surface area contributed by atoms with Crippen LogP contribution in [0.3, 0.4) is 0 Å². The largest absolute Gasteiger partial charge is 0.399 e. The van der Waals surface area contributed by atoms with Crippen molar-refractivity contribution in [3.63, 3.8) is 0 Å². The van der Waals surface area contributed by atoms with E-state index in [0.717, 1.165) is 35.6 Å². The number of carbonyl (C=O) groups is 1. The molecule has 0 saturated heterocycles. The summed E-state index contributed by atoms with van der Waals surface area (Å²) in [7, 11) is 0. The molecule has 0 bridgehead atoms. The number of amides is 1. The molecular weight excluding hydrogens is 455 g/mol. The first-order chi connectivity index (χ1) is 16.6. The van der Waals surface area contributed by atoms with E-state index >= 15 is 0 Å². The molecule has 35 heavy (non-hydrogen) atoms. The minimum Gasteiger partial charge on any atom is -0.293 e. The summed E-state index contributed by atoms with van der Waals surface area (Å²) in [5.74, 6) is -1.79. The number of aryl methyl sites for hydroxylation is 2. The van der Waals surface area contributed by atoms with Crippen LogP contribution in [0, 0.1) is 38.0 Å². The van der Waals surface area contributed by atoms with Gasteiger partial charge in [0.2, 0.25) is 11.9 Å². The second-order valence-corrected chi connectivity index (χ2v) is 8.82. The standard InChI is InChI=1S/C26H24F3N5O/c1-15-10-20(11-16(2)17(15)3)22(26(27,28)29)8-4-18-5-9-23(21(12-18)13-30)34-14-31-25(33-34)32-24(35)19-6-7-19/h4-5,8-12,14,19,22H,6-7H2,1-3H3,(H,32,33,35)/b8-4+. The van der Waals surface area contributed by atoms with Crippen LogP contribution in [0.2, 0.25) is 0 Å². The Morgan fingerprint density at radius 2 is 1.89 bits per heavy atom. The van der Waals surface area contributed by atoms with Crippen molar-refractivity contribution in [2.45, 2.75) is 45.7 Å². The number of halogens is 3. The Balaban J connectivity index is 1.59. The van der Waals surface area contributed by atoms with Gasteiger partial charge in [-0.3, -0.25) is 10.1 Å². The van der Waals surface area contributed by atoms with Gasteiger partial charge in [-0.2, -0.15) is 23.4 Å². The fourth-order valence-electron chi connectivity index (χ4n) is 3.81. The summed E-state index contributed by atoms with van der Waals surface area (Å²) in [6.07, 6.45) is 1.08. The van der Waals surface area contributed by atoms with Gasteiger partial charge in [0.05, 0.1) is 17.2 Å². The summed E-state index contributed by atoms with van der Waals surface area (Å²) in [6, 6.07) is 9.88. The van der Waals surface area contributed by atoms with Crippen LogP contribution >= 0.6 is 0 Å². The smallest absolute Gasteiger partial charge is 0.293 e. The van der Waals surface area contributed by atoms with Crippen LogP contribution in [-0.2, 0) is 4.79 Å². The van der Waals surface area contributed by atoms with Crippen molar-refractivity contribution < 1.29 is 18.0 Å². The average molecular weight is 480 g/mol. The number of hydrogen-bond donors (Lipinski definition) is 1. The van der Waals surface area contributed by atoms with Crippen LogP contribution < -0.4 is 5.32 Å². The number of allylic oxidation sites excluding steroid dienone is 1. The second-order valence-electron chi connectivity index (χ2n) is 8.82. The van der Waals surface area contributed by atoms with E-state index in [-0.39, 0.29) is 28.9 Å². The first-order valence-corrected chi connectivity index (χ1v) is 11.2. The van der Waals surface area contributed by atoms with Crippen molar-refractivity contribution in [1.82, 2.24) is 14.8 Å². The van der Waals surface area contributed by atoms with Gasteiger partial charge in [-0.1, -0.05) is 30.4 Å². The molecule has 2 aromatic carbocycles. The Labute approximate surface area is 201 Å². The Bertz CT molecular complexity index is 1320. The molecule has 1 aromatic heterocycles. The minimum absolute atomic E-state index is 0.00375. The monoisotopic (exact) mass is 479 g/mol. The lowest BCUT2D eigenvalue weighted by Gasteiger charge is -2.19. The van der Waals surface area contributed by atoms with Crippen molar-refractivity contribution in [3.8, 4) is 11.8 Å². The third kappa shape index (κ3) is 5.43. The predicted molar refractivity (Wildman–Crippen MR) is 126 cm³/mol. The summed E-state index contributed by atoms with van der Waals surface area (Å²) in [5, 5.41) is 16.5. The normalized spacial score (nSPS) is 14.7. The van der Waals surface area contributed by atoms with E-state index < -0.39 is 12.1 Å². The van der Waals surface area contributed by atoms with E-state index in [2.05, 4.69) is 21.5 Å². The number of benzene rings is 2. The Morgan fingerprint density at radius 1 is 1.20 bits per heavy atom. The van der Waals surface area contributed by atoms with Crippen LogP contribution in [0.1, 0.15) is 52.1 Å². The molecule has 1 fully saturated rings. The molecule has 0 aliphatic heterocycles. The highest BCUT2D eigenvalue weighted by Crippen LogP contribution is 2.38. The maximum absolute atomic E-state index is 13.9. The van der Waals surface area contributed by atoms with Crippen molar-refractivity contribution >= 4 is 17.9 Å². The zero-order valence-corrected chi connectivity index (χ0v) is 19.5. The highest BCUT2D eigenvalue weighted by Gasteiger charge is 2.39. The molecule has 1 unspecified atom stereocenters. The summed E-state index contributed by atoms with van der Waals surface area (Å²) in [6.45, 7) is 5.48. The Hall–Kier alpha value is -3.93. The highest BCUT2D eigenvalue weighted by atomic mass is 19.4. The zero-order chi connectivity index (χ0) is 25.3. The molecule has 180 valence electrons. The van der Waals surface area contributed by atoms with E-state index in [4.69, 9.17) is 0 Å². The summed E-state index contributed by atoms with van der Waals surface area (Å²) in [4.78, 5) is 16.0. The number of hydrogen-bond acceptors (Lipinski definition) is 4. The highest BCUT2D eigenvalue weighted by molar-refractivity contribution is 5.92. The molecule has 1 amide bonds. The SMILES string of the molecule is Cc1cc(C(/C=C/c2ccc(-n3cnc(NC(=O)C4CC4)n3)c(C#N)c2)C(F)(F)F)cc(C)c1C. The Morgan fingerprint density at radius 3 is 2.49 bits per heavy atom. The summed E-state index contributed by atoms with van der Waals surface area (Å²) < 4.78 is 43.0.